The number of aromatic nitrogens is 2. The summed E-state index contributed by atoms with van der Waals surface area (Å²) in [6.45, 7) is 11.3. The van der Waals surface area contributed by atoms with Gasteiger partial charge in [-0.05, 0) is 32.6 Å². The van der Waals surface area contributed by atoms with E-state index in [1.807, 2.05) is 4.68 Å². The molecule has 0 saturated heterocycles. The summed E-state index contributed by atoms with van der Waals surface area (Å²) in [5.41, 5.74) is 7.36. The van der Waals surface area contributed by atoms with Crippen molar-refractivity contribution in [3.05, 3.63) is 16.0 Å². The summed E-state index contributed by atoms with van der Waals surface area (Å²) in [7, 11) is 0. The summed E-state index contributed by atoms with van der Waals surface area (Å²) in [5.74, 6) is 0.648. The summed E-state index contributed by atoms with van der Waals surface area (Å²) >= 11 is 0. The molecule has 2 N–H and O–H groups in total. The lowest BCUT2D eigenvalue weighted by Gasteiger charge is -2.24. The lowest BCUT2D eigenvalue weighted by molar-refractivity contribution is 0.336. The van der Waals surface area contributed by atoms with Crippen LogP contribution in [0, 0.1) is 5.92 Å². The molecule has 1 saturated carbocycles. The molecule has 4 nitrogen and oxygen atoms in total. The van der Waals surface area contributed by atoms with Crippen LogP contribution in [0.25, 0.3) is 0 Å². The summed E-state index contributed by atoms with van der Waals surface area (Å²) in [6, 6.07) is 0.260. The maximum absolute atomic E-state index is 12.4. The summed E-state index contributed by atoms with van der Waals surface area (Å²) < 4.78 is 3.97. The van der Waals surface area contributed by atoms with Crippen molar-refractivity contribution in [3.8, 4) is 0 Å². The van der Waals surface area contributed by atoms with E-state index in [1.165, 1.54) is 12.8 Å². The van der Waals surface area contributed by atoms with Crippen LogP contribution in [0.3, 0.4) is 0 Å². The highest BCUT2D eigenvalue weighted by atomic mass is 16.1. The normalized spacial score (nSPS) is 18.1. The van der Waals surface area contributed by atoms with Crippen LogP contribution in [-0.2, 0) is 12.0 Å². The Kier molecular flexibility index (Phi) is 3.07. The molecule has 1 aromatic heterocycles. The molecular formula is C14H25N3O. The van der Waals surface area contributed by atoms with Gasteiger partial charge in [-0.3, -0.25) is 9.48 Å². The number of hydrogen-bond acceptors (Lipinski definition) is 2. The predicted molar refractivity (Wildman–Crippen MR) is 74.9 cm³/mol. The third kappa shape index (κ3) is 1.98. The van der Waals surface area contributed by atoms with Crippen LogP contribution < -0.4 is 11.3 Å². The molecule has 0 radical (unpaired) electrons. The molecule has 0 bridgehead atoms. The van der Waals surface area contributed by atoms with Gasteiger partial charge in [-0.1, -0.05) is 20.8 Å². The Morgan fingerprint density at radius 3 is 2.33 bits per heavy atom. The van der Waals surface area contributed by atoms with Gasteiger partial charge < -0.3 is 5.73 Å². The van der Waals surface area contributed by atoms with Gasteiger partial charge in [0.05, 0.1) is 11.7 Å². The van der Waals surface area contributed by atoms with Crippen molar-refractivity contribution in [3.63, 3.8) is 0 Å². The van der Waals surface area contributed by atoms with E-state index in [-0.39, 0.29) is 17.0 Å². The molecule has 1 heterocycles. The van der Waals surface area contributed by atoms with Gasteiger partial charge in [-0.15, -0.1) is 0 Å². The number of nitrogens with zero attached hydrogens (tertiary/aromatic N) is 2. The quantitative estimate of drug-likeness (QED) is 0.897. The Bertz CT molecular complexity index is 500. The van der Waals surface area contributed by atoms with Crippen LogP contribution in [0.1, 0.15) is 59.2 Å². The monoisotopic (exact) mass is 251 g/mol. The molecule has 0 spiro atoms. The summed E-state index contributed by atoms with van der Waals surface area (Å²) in [5, 5.41) is 0. The fourth-order valence-corrected chi connectivity index (χ4v) is 2.87. The Morgan fingerprint density at radius 1 is 1.39 bits per heavy atom. The number of hydrogen-bond donors (Lipinski definition) is 1. The molecule has 4 heteroatoms. The molecule has 102 valence electrons. The fourth-order valence-electron chi connectivity index (χ4n) is 2.87. The van der Waals surface area contributed by atoms with E-state index in [9.17, 15) is 4.79 Å². The van der Waals surface area contributed by atoms with E-state index in [0.29, 0.717) is 11.6 Å². The zero-order valence-electron chi connectivity index (χ0n) is 12.2. The van der Waals surface area contributed by atoms with Crippen molar-refractivity contribution in [2.24, 2.45) is 5.92 Å². The molecule has 1 fully saturated rings. The molecule has 2 rings (SSSR count). The molecule has 1 aliphatic carbocycles. The smallest absolute Gasteiger partial charge is 0.290 e. The van der Waals surface area contributed by atoms with E-state index in [4.69, 9.17) is 5.73 Å². The minimum Gasteiger partial charge on any atom is -0.393 e. The van der Waals surface area contributed by atoms with Gasteiger partial charge in [0, 0.05) is 12.0 Å². The van der Waals surface area contributed by atoms with Gasteiger partial charge in [-0.25, -0.2) is 4.68 Å². The minimum absolute atomic E-state index is 0.0128. The van der Waals surface area contributed by atoms with E-state index >= 15 is 0 Å². The predicted octanol–water partition coefficient (Wildman–Crippen LogP) is 2.52. The average Bonchev–Trinajstić information content (AvgIpc) is 3.05. The molecule has 0 aliphatic heterocycles. The molecule has 1 atom stereocenters. The standard InChI is InChI=1S/C14H25N3O/c1-6-16-12(14(3,4)5)11(15)13(18)17(16)9(2)10-7-8-10/h9-10H,6-8,15H2,1-5H3. The largest absolute Gasteiger partial charge is 0.393 e. The summed E-state index contributed by atoms with van der Waals surface area (Å²) in [4.78, 5) is 12.4. The van der Waals surface area contributed by atoms with Crippen LogP contribution in [0.15, 0.2) is 4.79 Å². The fraction of sp³-hybridized carbons (Fsp3) is 0.786. The second kappa shape index (κ2) is 4.18. The summed E-state index contributed by atoms with van der Waals surface area (Å²) in [6.07, 6.45) is 2.46. The SMILES string of the molecule is CCn1c(C(C)(C)C)c(N)c(=O)n1C(C)C1CC1. The Morgan fingerprint density at radius 2 is 1.94 bits per heavy atom. The van der Waals surface area contributed by atoms with Gasteiger partial charge in [-0.2, -0.15) is 0 Å². The number of rotatable bonds is 3. The maximum Gasteiger partial charge on any atom is 0.290 e. The first-order valence-corrected chi connectivity index (χ1v) is 6.90. The second-order valence-corrected chi connectivity index (χ2v) is 6.46. The lowest BCUT2D eigenvalue weighted by Crippen LogP contribution is -2.29. The first kappa shape index (κ1) is 13.2. The maximum atomic E-state index is 12.4. The van der Waals surface area contributed by atoms with Crippen molar-refractivity contribution >= 4 is 5.69 Å². The number of nitrogens with two attached hydrogens (primary N) is 1. The van der Waals surface area contributed by atoms with Crippen molar-refractivity contribution in [2.45, 2.75) is 65.5 Å². The van der Waals surface area contributed by atoms with E-state index in [0.717, 1.165) is 12.2 Å². The van der Waals surface area contributed by atoms with Crippen LogP contribution in [0.5, 0.6) is 0 Å². The van der Waals surface area contributed by atoms with E-state index < -0.39 is 0 Å². The van der Waals surface area contributed by atoms with Crippen molar-refractivity contribution in [1.82, 2.24) is 9.36 Å². The zero-order valence-corrected chi connectivity index (χ0v) is 12.2. The lowest BCUT2D eigenvalue weighted by atomic mass is 9.91. The van der Waals surface area contributed by atoms with Crippen molar-refractivity contribution < 1.29 is 0 Å². The molecule has 0 amide bonds. The van der Waals surface area contributed by atoms with E-state index in [2.05, 4.69) is 39.3 Å². The van der Waals surface area contributed by atoms with Crippen LogP contribution in [0.4, 0.5) is 5.69 Å². The molecular weight excluding hydrogens is 226 g/mol. The highest BCUT2D eigenvalue weighted by Gasteiger charge is 2.34. The van der Waals surface area contributed by atoms with Gasteiger partial charge in [0.1, 0.15) is 5.69 Å². The van der Waals surface area contributed by atoms with Crippen molar-refractivity contribution in [2.75, 3.05) is 5.73 Å². The number of nitrogen functional groups attached to an aromatic ring is 1. The highest BCUT2D eigenvalue weighted by molar-refractivity contribution is 5.45. The Balaban J connectivity index is 2.63. The average molecular weight is 251 g/mol. The van der Waals surface area contributed by atoms with Crippen LogP contribution >= 0.6 is 0 Å². The van der Waals surface area contributed by atoms with Gasteiger partial charge >= 0.3 is 0 Å². The third-order valence-electron chi connectivity index (χ3n) is 3.91. The Labute approximate surface area is 109 Å². The molecule has 18 heavy (non-hydrogen) atoms. The molecule has 1 aromatic rings. The highest BCUT2D eigenvalue weighted by Crippen LogP contribution is 2.40. The molecule has 1 aliphatic rings. The van der Waals surface area contributed by atoms with Gasteiger partial charge in [0.25, 0.3) is 5.56 Å². The molecule has 0 aromatic carbocycles. The second-order valence-electron chi connectivity index (χ2n) is 6.46. The van der Waals surface area contributed by atoms with Gasteiger partial charge in [0.15, 0.2) is 0 Å². The number of anilines is 1. The van der Waals surface area contributed by atoms with Crippen LogP contribution in [0.2, 0.25) is 0 Å². The van der Waals surface area contributed by atoms with Gasteiger partial charge in [0.2, 0.25) is 0 Å². The zero-order chi connectivity index (χ0) is 13.7. The van der Waals surface area contributed by atoms with E-state index in [1.54, 1.807) is 0 Å². The minimum atomic E-state index is -0.103. The topological polar surface area (TPSA) is 52.9 Å². The van der Waals surface area contributed by atoms with Crippen molar-refractivity contribution in [1.29, 1.82) is 0 Å². The first-order valence-electron chi connectivity index (χ1n) is 6.90. The Hall–Kier alpha value is -1.19. The first-order chi connectivity index (χ1) is 8.29. The van der Waals surface area contributed by atoms with Crippen LogP contribution in [-0.4, -0.2) is 9.36 Å². The third-order valence-corrected chi connectivity index (χ3v) is 3.91. The molecule has 1 unspecified atom stereocenters.